The number of pyridine rings is 1. The van der Waals surface area contributed by atoms with Crippen LogP contribution in [0.5, 0.6) is 0 Å². The molecular weight excluding hydrogens is 218 g/mol. The first kappa shape index (κ1) is 7.92. The minimum Gasteiger partial charge on any atom is -0.294 e. The van der Waals surface area contributed by atoms with E-state index in [1.807, 2.05) is 6.07 Å². The molecule has 1 heterocycles. The largest absolute Gasteiger partial charge is 0.294 e. The number of rotatable bonds is 2. The van der Waals surface area contributed by atoms with E-state index in [0.717, 1.165) is 18.4 Å². The number of nitrogens with zero attached hydrogens (tertiary/aromatic N) is 1. The lowest BCUT2D eigenvalue weighted by molar-refractivity contribution is 0.0966. The van der Waals surface area contributed by atoms with Gasteiger partial charge in [0, 0.05) is 12.1 Å². The third-order valence-corrected chi connectivity index (χ3v) is 2.60. The first-order valence-corrected chi connectivity index (χ1v) is 4.73. The monoisotopic (exact) mass is 225 g/mol. The lowest BCUT2D eigenvalue weighted by Gasteiger charge is -1.99. The number of carbonyl (C=O) groups excluding carboxylic acids is 1. The predicted molar refractivity (Wildman–Crippen MR) is 49.0 cm³/mol. The number of hydrogen-bond donors (Lipinski definition) is 0. The quantitative estimate of drug-likeness (QED) is 0.572. The van der Waals surface area contributed by atoms with E-state index in [0.29, 0.717) is 4.60 Å². The Morgan fingerprint density at radius 2 is 2.33 bits per heavy atom. The number of Topliss-reactive ketones (excluding diaryl/α,β-unsaturated/α-hetero) is 1. The van der Waals surface area contributed by atoms with Crippen molar-refractivity contribution < 1.29 is 4.79 Å². The molecule has 1 aromatic heterocycles. The van der Waals surface area contributed by atoms with E-state index in [1.54, 1.807) is 12.3 Å². The highest BCUT2D eigenvalue weighted by molar-refractivity contribution is 9.10. The fourth-order valence-electron chi connectivity index (χ4n) is 1.14. The molecule has 0 amide bonds. The van der Waals surface area contributed by atoms with Gasteiger partial charge in [-0.2, -0.15) is 0 Å². The fourth-order valence-corrected chi connectivity index (χ4v) is 1.58. The lowest BCUT2D eigenvalue weighted by Crippen LogP contribution is -2.02. The zero-order valence-corrected chi connectivity index (χ0v) is 8.04. The van der Waals surface area contributed by atoms with Crippen LogP contribution in [0.2, 0.25) is 0 Å². The molecule has 1 aromatic rings. The molecule has 0 atom stereocenters. The van der Waals surface area contributed by atoms with Gasteiger partial charge in [-0.05, 0) is 40.9 Å². The summed E-state index contributed by atoms with van der Waals surface area (Å²) >= 11 is 3.26. The molecule has 3 heteroatoms. The molecule has 1 fully saturated rings. The summed E-state index contributed by atoms with van der Waals surface area (Å²) in [6, 6.07) is 3.61. The van der Waals surface area contributed by atoms with Crippen molar-refractivity contribution in [3.05, 3.63) is 28.5 Å². The van der Waals surface area contributed by atoms with Gasteiger partial charge >= 0.3 is 0 Å². The van der Waals surface area contributed by atoms with Crippen molar-refractivity contribution in [2.24, 2.45) is 5.92 Å². The van der Waals surface area contributed by atoms with Crippen LogP contribution in [0.25, 0.3) is 0 Å². The molecular formula is C9H8BrNO. The average Bonchev–Trinajstić information content (AvgIpc) is 2.86. The second kappa shape index (κ2) is 2.98. The molecule has 12 heavy (non-hydrogen) atoms. The van der Waals surface area contributed by atoms with Crippen LogP contribution in [-0.2, 0) is 0 Å². The topological polar surface area (TPSA) is 30.0 Å². The fraction of sp³-hybridized carbons (Fsp3) is 0.333. The second-order valence-corrected chi connectivity index (χ2v) is 3.73. The van der Waals surface area contributed by atoms with Crippen LogP contribution < -0.4 is 0 Å². The van der Waals surface area contributed by atoms with E-state index in [2.05, 4.69) is 20.9 Å². The standard InChI is InChI=1S/C9H8BrNO/c10-9-7(2-1-5-11-9)8(12)6-3-4-6/h1-2,5-6H,3-4H2. The maximum absolute atomic E-state index is 11.6. The summed E-state index contributed by atoms with van der Waals surface area (Å²) in [7, 11) is 0. The van der Waals surface area contributed by atoms with Crippen molar-refractivity contribution in [1.29, 1.82) is 0 Å². The zero-order chi connectivity index (χ0) is 8.55. The first-order valence-electron chi connectivity index (χ1n) is 3.94. The van der Waals surface area contributed by atoms with Crippen molar-refractivity contribution >= 4 is 21.7 Å². The van der Waals surface area contributed by atoms with E-state index in [1.165, 1.54) is 0 Å². The minimum atomic E-state index is 0.231. The summed E-state index contributed by atoms with van der Waals surface area (Å²) in [6.07, 6.45) is 3.76. The molecule has 0 aromatic carbocycles. The van der Waals surface area contributed by atoms with Gasteiger partial charge in [0.25, 0.3) is 0 Å². The van der Waals surface area contributed by atoms with E-state index in [-0.39, 0.29) is 11.7 Å². The Kier molecular flexibility index (Phi) is 1.97. The molecule has 1 saturated carbocycles. The summed E-state index contributed by atoms with van der Waals surface area (Å²) in [6.45, 7) is 0. The van der Waals surface area contributed by atoms with Gasteiger partial charge in [-0.15, -0.1) is 0 Å². The van der Waals surface area contributed by atoms with Gasteiger partial charge in [-0.25, -0.2) is 4.98 Å². The Hall–Kier alpha value is -0.700. The van der Waals surface area contributed by atoms with Crippen molar-refractivity contribution in [3.63, 3.8) is 0 Å². The van der Waals surface area contributed by atoms with E-state index in [9.17, 15) is 4.79 Å². The summed E-state index contributed by atoms with van der Waals surface area (Å²) in [5, 5.41) is 0. The summed E-state index contributed by atoms with van der Waals surface area (Å²) in [4.78, 5) is 15.6. The zero-order valence-electron chi connectivity index (χ0n) is 6.46. The van der Waals surface area contributed by atoms with E-state index in [4.69, 9.17) is 0 Å². The Morgan fingerprint density at radius 1 is 1.58 bits per heavy atom. The van der Waals surface area contributed by atoms with Crippen LogP contribution in [-0.4, -0.2) is 10.8 Å². The third-order valence-electron chi connectivity index (χ3n) is 1.97. The third kappa shape index (κ3) is 1.41. The Bertz CT molecular complexity index is 320. The predicted octanol–water partition coefficient (Wildman–Crippen LogP) is 2.44. The molecule has 0 unspecified atom stereocenters. The lowest BCUT2D eigenvalue weighted by atomic mass is 10.1. The molecule has 0 saturated heterocycles. The second-order valence-electron chi connectivity index (χ2n) is 2.98. The highest BCUT2D eigenvalue weighted by atomic mass is 79.9. The van der Waals surface area contributed by atoms with Gasteiger partial charge < -0.3 is 0 Å². The Morgan fingerprint density at radius 3 is 2.92 bits per heavy atom. The highest BCUT2D eigenvalue weighted by Gasteiger charge is 2.31. The van der Waals surface area contributed by atoms with Crippen LogP contribution in [0.15, 0.2) is 22.9 Å². The van der Waals surface area contributed by atoms with Crippen LogP contribution >= 0.6 is 15.9 Å². The molecule has 0 spiro atoms. The van der Waals surface area contributed by atoms with Crippen LogP contribution in [0, 0.1) is 5.92 Å². The van der Waals surface area contributed by atoms with Gasteiger partial charge in [-0.3, -0.25) is 4.79 Å². The van der Waals surface area contributed by atoms with Crippen molar-refractivity contribution in [3.8, 4) is 0 Å². The van der Waals surface area contributed by atoms with Crippen molar-refractivity contribution in [2.75, 3.05) is 0 Å². The number of carbonyl (C=O) groups is 1. The maximum atomic E-state index is 11.6. The first-order chi connectivity index (χ1) is 5.79. The van der Waals surface area contributed by atoms with E-state index >= 15 is 0 Å². The summed E-state index contributed by atoms with van der Waals surface area (Å²) in [5.74, 6) is 0.500. The molecule has 1 aliphatic rings. The molecule has 62 valence electrons. The molecule has 0 aliphatic heterocycles. The maximum Gasteiger partial charge on any atom is 0.168 e. The molecule has 1 aliphatic carbocycles. The number of ketones is 1. The minimum absolute atomic E-state index is 0.231. The van der Waals surface area contributed by atoms with Gasteiger partial charge in [0.1, 0.15) is 4.60 Å². The summed E-state index contributed by atoms with van der Waals surface area (Å²) < 4.78 is 0.668. The van der Waals surface area contributed by atoms with Crippen LogP contribution in [0.1, 0.15) is 23.2 Å². The van der Waals surface area contributed by atoms with Crippen LogP contribution in [0.4, 0.5) is 0 Å². The van der Waals surface area contributed by atoms with Crippen molar-refractivity contribution in [2.45, 2.75) is 12.8 Å². The van der Waals surface area contributed by atoms with E-state index < -0.39 is 0 Å². The van der Waals surface area contributed by atoms with Crippen molar-refractivity contribution in [1.82, 2.24) is 4.98 Å². The smallest absolute Gasteiger partial charge is 0.168 e. The Labute approximate surface area is 79.1 Å². The molecule has 0 N–H and O–H groups in total. The SMILES string of the molecule is O=C(c1cccnc1Br)C1CC1. The summed E-state index contributed by atoms with van der Waals surface area (Å²) in [5.41, 5.74) is 0.722. The number of halogens is 1. The number of aromatic nitrogens is 1. The number of hydrogen-bond acceptors (Lipinski definition) is 2. The highest BCUT2D eigenvalue weighted by Crippen LogP contribution is 2.33. The normalized spacial score (nSPS) is 16.1. The molecule has 2 rings (SSSR count). The van der Waals surface area contributed by atoms with Gasteiger partial charge in [0.15, 0.2) is 5.78 Å². The van der Waals surface area contributed by atoms with Crippen LogP contribution in [0.3, 0.4) is 0 Å². The average molecular weight is 226 g/mol. The van der Waals surface area contributed by atoms with Gasteiger partial charge in [0.05, 0.1) is 5.56 Å². The van der Waals surface area contributed by atoms with Gasteiger partial charge in [0.2, 0.25) is 0 Å². The van der Waals surface area contributed by atoms with Gasteiger partial charge in [-0.1, -0.05) is 0 Å². The Balaban J connectivity index is 2.32. The molecule has 0 bridgehead atoms. The molecule has 2 nitrogen and oxygen atoms in total. The molecule has 0 radical (unpaired) electrons.